The molecule has 12 atom stereocenters. The van der Waals surface area contributed by atoms with Crippen LogP contribution in [0.2, 0.25) is 0 Å². The van der Waals surface area contributed by atoms with E-state index in [1.165, 1.54) is 35.4 Å². The van der Waals surface area contributed by atoms with Gasteiger partial charge in [0.25, 0.3) is 0 Å². The molecule has 9 rings (SSSR count). The van der Waals surface area contributed by atoms with Crippen molar-refractivity contribution in [2.45, 2.75) is 239 Å². The molecule has 34 heteroatoms. The van der Waals surface area contributed by atoms with Gasteiger partial charge in [-0.05, 0) is 125 Å². The molecule has 750 valence electrons. The van der Waals surface area contributed by atoms with Crippen LogP contribution >= 0.6 is 11.3 Å². The zero-order chi connectivity index (χ0) is 100. The number of carbonyl (C=O) groups is 13. The van der Waals surface area contributed by atoms with Gasteiger partial charge in [-0.15, -0.1) is 11.3 Å². The minimum atomic E-state index is -1.12. The Labute approximate surface area is 814 Å². The molecule has 1 fully saturated rings. The summed E-state index contributed by atoms with van der Waals surface area (Å²) in [5.41, 5.74) is 13.6. The van der Waals surface area contributed by atoms with Crippen LogP contribution in [0.5, 0.6) is 0 Å². The average Bonchev–Trinajstić information content (AvgIpc) is 1.61. The standard InChI is InChI=1S/C104H143N13O20S/c1-16-68(8)95(89(132-14)61-91(122)117-50-27-38-86(117)96(133-15)69(9)97(125)110-84(100-106-49-56-138-100)57-70-29-18-17-19-30-70)113(11)101(128)93(66(4)5)111-99(127)94(67(6)7)114(12)103(130)136-63-72-42-40-71(41-43-72)58-88(120)82(36-26-48-107-102(105)129)109-98(126)80(65(2)3)60-75(118)47-53-135-55-54-134-52-28-39-87(119)83(44-45-92(123)124)108-90(121)46-51-116-74(59-73-31-20-25-37-85(73)116)62-112(10)115(13)104(131)137-64-81-78-34-23-21-32-76(78)77-33-22-24-35-79(77)81/h17-25,29-35,37,40-43,49,56,59,65-69,80-84,86,89,93-96H,16,26-28,36,38-39,44-48,50-55,57-58,60-64H2,1-15H3,(H,108,121)(H,109,126)(H,110,125)(H,111,127)(H,123,124)(H3,105,107,129)/t68-,69+,80-,82-,83-,84-,86-,89+,93-,94-,95-,96+/m0/s1. The number of hydrazine groups is 1. The minimum Gasteiger partial charge on any atom is -0.481 e. The van der Waals surface area contributed by atoms with E-state index in [1.54, 1.807) is 101 Å². The fourth-order valence-corrected chi connectivity index (χ4v) is 19.1. The Kier molecular flexibility index (Phi) is 43.4. The highest BCUT2D eigenvalue weighted by atomic mass is 32.1. The Morgan fingerprint density at radius 2 is 1.28 bits per heavy atom. The van der Waals surface area contributed by atoms with E-state index in [1.807, 2.05) is 129 Å². The molecule has 3 heterocycles. The summed E-state index contributed by atoms with van der Waals surface area (Å²) in [5, 5.41) is 30.7. The van der Waals surface area contributed by atoms with Crippen LogP contribution in [-0.4, -0.2) is 253 Å². The van der Waals surface area contributed by atoms with Crippen molar-refractivity contribution in [2.24, 2.45) is 41.2 Å². The summed E-state index contributed by atoms with van der Waals surface area (Å²) in [4.78, 5) is 188. The normalized spacial score (nSPS) is 15.4. The van der Waals surface area contributed by atoms with Crippen LogP contribution in [0.15, 0.2) is 145 Å². The summed E-state index contributed by atoms with van der Waals surface area (Å²) in [6.07, 6.45) is 1.15. The molecule has 0 unspecified atom stereocenters. The monoisotopic (exact) mass is 1930 g/mol. The number of primary amides is 1. The molecule has 1 saturated heterocycles. The van der Waals surface area contributed by atoms with Crippen molar-refractivity contribution in [1.82, 2.24) is 60.9 Å². The van der Waals surface area contributed by atoms with E-state index >= 15 is 0 Å². The van der Waals surface area contributed by atoms with Gasteiger partial charge < -0.3 is 80.2 Å². The lowest BCUT2D eigenvalue weighted by molar-refractivity contribution is -0.148. The van der Waals surface area contributed by atoms with Crippen molar-refractivity contribution < 1.29 is 95.9 Å². The number of nitrogens with zero attached hydrogens (tertiary/aromatic N) is 7. The second-order valence-corrected chi connectivity index (χ2v) is 38.1. The van der Waals surface area contributed by atoms with Crippen LogP contribution < -0.4 is 32.3 Å². The molecule has 7 aromatic rings. The quantitative estimate of drug-likeness (QED) is 0.0137. The Balaban J connectivity index is 0.694. The van der Waals surface area contributed by atoms with Gasteiger partial charge in [-0.1, -0.05) is 190 Å². The number of ketones is 3. The van der Waals surface area contributed by atoms with Crippen molar-refractivity contribution in [2.75, 3.05) is 88.5 Å². The SMILES string of the molecule is CC[C@H](C)[C@@H]([C@@H](CC(=O)N1CCC[C@H]1[C@H](OC)[C@@H](C)C(=O)N[C@@H](Cc1ccccc1)c1nccs1)OC)N(C)C(=O)[C@@H](NC(=O)[C@H](C(C)C)N(C)C(=O)OCc1ccc(CC(=O)[C@H](CCCNC(N)=O)NC(=O)[C@@H](CC(=O)CCOCCOCCCC(=O)[C@H](CCC(=O)O)NC(=O)CCn2c(CN(C)N(C)C(=O)OCC3c4ccccc4-c4ccccc43)cc3ccccc32)C(C)C)cc1)C(C)C. The number of nitrogens with two attached hydrogens (primary N) is 1. The molecule has 0 bridgehead atoms. The number of aromatic nitrogens is 2. The van der Waals surface area contributed by atoms with Gasteiger partial charge >= 0.3 is 24.2 Å². The number of fused-ring (bicyclic) bond motifs is 4. The number of ether oxygens (including phenoxy) is 6. The number of aryl methyl sites for hydroxylation is 1. The third-order valence-electron chi connectivity index (χ3n) is 26.4. The van der Waals surface area contributed by atoms with E-state index in [0.29, 0.717) is 43.4 Å². The molecular weight excluding hydrogens is 1780 g/mol. The van der Waals surface area contributed by atoms with Crippen molar-refractivity contribution in [1.29, 1.82) is 0 Å². The van der Waals surface area contributed by atoms with Crippen molar-refractivity contribution in [3.05, 3.63) is 184 Å². The molecule has 0 saturated carbocycles. The van der Waals surface area contributed by atoms with Gasteiger partial charge in [-0.2, -0.15) is 0 Å². The van der Waals surface area contributed by atoms with Crippen LogP contribution in [0.3, 0.4) is 0 Å². The molecule has 0 spiro atoms. The molecule has 2 aromatic heterocycles. The number of methoxy groups -OCH3 is 2. The summed E-state index contributed by atoms with van der Waals surface area (Å²) in [6, 6.07) is 36.1. The highest BCUT2D eigenvalue weighted by molar-refractivity contribution is 7.09. The fourth-order valence-electron chi connectivity index (χ4n) is 18.4. The molecule has 8 N–H and O–H groups in total. The number of thiazole rings is 1. The van der Waals surface area contributed by atoms with Crippen LogP contribution in [-0.2, 0) is 109 Å². The molecular formula is C104H143N13O20S. The number of rotatable bonds is 58. The lowest BCUT2D eigenvalue weighted by Crippen LogP contribution is -2.60. The van der Waals surface area contributed by atoms with E-state index in [4.69, 9.17) is 34.2 Å². The number of carboxylic acids is 1. The Morgan fingerprint density at radius 1 is 0.623 bits per heavy atom. The summed E-state index contributed by atoms with van der Waals surface area (Å²) in [5.74, 6) is -7.48. The van der Waals surface area contributed by atoms with Gasteiger partial charge in [0, 0.05) is 142 Å². The predicted molar refractivity (Wildman–Crippen MR) is 525 cm³/mol. The molecule has 1 aliphatic carbocycles. The number of Topliss-reactive ketones (excluding diaryl/α,β-unsaturated/α-hetero) is 3. The number of aliphatic carboxylic acids is 1. The smallest absolute Gasteiger partial charge is 0.424 e. The maximum Gasteiger partial charge on any atom is 0.424 e. The third kappa shape index (κ3) is 31.3. The second-order valence-electron chi connectivity index (χ2n) is 37.2. The zero-order valence-electron chi connectivity index (χ0n) is 82.6. The van der Waals surface area contributed by atoms with Crippen LogP contribution in [0.1, 0.15) is 196 Å². The van der Waals surface area contributed by atoms with Gasteiger partial charge in [-0.25, -0.2) is 29.4 Å². The third-order valence-corrected chi connectivity index (χ3v) is 27.3. The molecule has 0 radical (unpaired) electrons. The fraction of sp³-hybridized carbons (Fsp3) is 0.538. The van der Waals surface area contributed by atoms with E-state index in [-0.39, 0.29) is 183 Å². The van der Waals surface area contributed by atoms with Crippen molar-refractivity contribution >= 4 is 99.2 Å². The van der Waals surface area contributed by atoms with E-state index in [2.05, 4.69) is 55.8 Å². The van der Waals surface area contributed by atoms with Crippen LogP contribution in [0.4, 0.5) is 14.4 Å². The molecule has 33 nitrogen and oxygen atoms in total. The Morgan fingerprint density at radius 3 is 1.91 bits per heavy atom. The van der Waals surface area contributed by atoms with E-state index < -0.39 is 120 Å². The van der Waals surface area contributed by atoms with Crippen molar-refractivity contribution in [3.8, 4) is 11.1 Å². The molecule has 138 heavy (non-hydrogen) atoms. The first-order valence-electron chi connectivity index (χ1n) is 48.1. The van der Waals surface area contributed by atoms with Gasteiger partial charge in [0.2, 0.25) is 35.4 Å². The summed E-state index contributed by atoms with van der Waals surface area (Å²) in [7, 11) is 9.57. The number of urea groups is 1. The lowest BCUT2D eigenvalue weighted by Gasteiger charge is -2.41. The number of amides is 10. The van der Waals surface area contributed by atoms with Gasteiger partial charge in [-0.3, -0.25) is 52.8 Å². The van der Waals surface area contributed by atoms with Crippen LogP contribution in [0.25, 0.3) is 22.0 Å². The number of likely N-dealkylation sites (N-methyl/N-ethyl adjacent to an activating group) is 2. The Bertz CT molecular complexity index is 5140. The first kappa shape index (κ1) is 110. The first-order chi connectivity index (χ1) is 66.0. The number of hydrogen-bond donors (Lipinski definition) is 7. The maximum absolute atomic E-state index is 15.0. The number of hydrogen-bond acceptors (Lipinski definition) is 22. The topological polar surface area (TPSA) is 418 Å². The van der Waals surface area contributed by atoms with E-state index in [9.17, 15) is 67.4 Å². The second kappa shape index (κ2) is 54.5. The predicted octanol–water partition coefficient (Wildman–Crippen LogP) is 12.6. The zero-order valence-corrected chi connectivity index (χ0v) is 83.4. The number of carbonyl (C=O) groups excluding carboxylic acids is 12. The van der Waals surface area contributed by atoms with Crippen LogP contribution in [0, 0.1) is 35.5 Å². The molecule has 1 aliphatic heterocycles. The molecule has 5 aromatic carbocycles. The summed E-state index contributed by atoms with van der Waals surface area (Å²) in [6.45, 7) is 17.9. The van der Waals surface area contributed by atoms with Crippen molar-refractivity contribution in [3.63, 3.8) is 0 Å². The minimum absolute atomic E-state index is 0.00953. The summed E-state index contributed by atoms with van der Waals surface area (Å²) < 4.78 is 37.4. The van der Waals surface area contributed by atoms with E-state index in [0.717, 1.165) is 49.4 Å². The average molecular weight is 1930 g/mol. The summed E-state index contributed by atoms with van der Waals surface area (Å²) >= 11 is 1.46. The number of carboxylic acid groups (broad SMARTS) is 1. The van der Waals surface area contributed by atoms with Gasteiger partial charge in [0.1, 0.15) is 36.1 Å². The number of likely N-dealkylation sites (tertiary alicyclic amines) is 1. The number of nitrogens with one attached hydrogen (secondary N) is 5. The first-order valence-corrected chi connectivity index (χ1v) is 49.0. The number of benzene rings is 5. The van der Waals surface area contributed by atoms with Gasteiger partial charge in [0.05, 0.1) is 81.1 Å². The Hall–Kier alpha value is -11.8. The largest absolute Gasteiger partial charge is 0.481 e. The molecule has 2 aliphatic rings. The number of para-hydroxylation sites is 1. The molecule has 10 amide bonds. The highest BCUT2D eigenvalue weighted by Crippen LogP contribution is 2.45. The lowest BCUT2D eigenvalue weighted by atomic mass is 9.88. The highest BCUT2D eigenvalue weighted by Gasteiger charge is 2.45. The maximum atomic E-state index is 15.0. The van der Waals surface area contributed by atoms with Gasteiger partial charge in [0.15, 0.2) is 11.6 Å².